The summed E-state index contributed by atoms with van der Waals surface area (Å²) in [7, 11) is 0. The Kier molecular flexibility index (Phi) is 4.44. The molecule has 1 fully saturated rings. The van der Waals surface area contributed by atoms with Gasteiger partial charge in [-0.1, -0.05) is 13.5 Å². The summed E-state index contributed by atoms with van der Waals surface area (Å²) in [5.74, 6) is -0.101. The molecule has 0 aliphatic carbocycles. The number of rotatable bonds is 4. The van der Waals surface area contributed by atoms with Crippen LogP contribution in [-0.4, -0.2) is 53.8 Å². The van der Waals surface area contributed by atoms with Gasteiger partial charge in [0, 0.05) is 0 Å². The molecule has 0 bridgehead atoms. The van der Waals surface area contributed by atoms with E-state index in [9.17, 15) is 19.4 Å². The fourth-order valence-corrected chi connectivity index (χ4v) is 2.90. The Morgan fingerprint density at radius 2 is 2.36 bits per heavy atom. The van der Waals surface area contributed by atoms with Crippen molar-refractivity contribution < 1.29 is 19.3 Å². The van der Waals surface area contributed by atoms with Crippen LogP contribution in [0.2, 0.25) is 0 Å². The zero-order valence-electron chi connectivity index (χ0n) is 13.4. The third-order valence-corrected chi connectivity index (χ3v) is 4.17. The number of nitrogens with zero attached hydrogens (tertiary/aromatic N) is 4. The summed E-state index contributed by atoms with van der Waals surface area (Å²) in [6.07, 6.45) is -4.47. The molecule has 1 aliphatic rings. The van der Waals surface area contributed by atoms with Crippen LogP contribution in [0, 0.1) is 0 Å². The molecular formula is C15H18FN5O4. The number of nitrogens with two attached hydrogens (primary N) is 1. The van der Waals surface area contributed by atoms with Crippen molar-refractivity contribution in [3.63, 3.8) is 0 Å². The highest BCUT2D eigenvalue weighted by atomic mass is 19.1. The van der Waals surface area contributed by atoms with Gasteiger partial charge in [0.1, 0.15) is 17.7 Å². The highest BCUT2D eigenvalue weighted by Crippen LogP contribution is 2.34. The van der Waals surface area contributed by atoms with Crippen molar-refractivity contribution >= 4 is 23.3 Å². The number of aliphatic hydroxyl groups is 2. The maximum atomic E-state index is 14.4. The van der Waals surface area contributed by atoms with Crippen molar-refractivity contribution in [2.24, 2.45) is 0 Å². The largest absolute Gasteiger partial charge is 0.390 e. The normalized spacial score (nSPS) is 27.4. The monoisotopic (exact) mass is 351 g/mol. The number of aliphatic hydroxyl groups excluding tert-OH is 2. The van der Waals surface area contributed by atoms with Crippen LogP contribution in [0.25, 0.3) is 17.4 Å². The molecule has 1 saturated heterocycles. The number of hydrogen-bond donors (Lipinski definition) is 3. The van der Waals surface area contributed by atoms with Gasteiger partial charge < -0.3 is 20.7 Å². The van der Waals surface area contributed by atoms with Gasteiger partial charge in [-0.25, -0.2) is 18.7 Å². The lowest BCUT2D eigenvalue weighted by Gasteiger charge is -2.18. The number of halogens is 1. The summed E-state index contributed by atoms with van der Waals surface area (Å²) >= 11 is 0. The minimum atomic E-state index is -1.86. The predicted octanol–water partition coefficient (Wildman–Crippen LogP) is -0.202. The quantitative estimate of drug-likeness (QED) is 0.651. The molecule has 2 aromatic heterocycles. The first kappa shape index (κ1) is 17.3. The smallest absolute Gasteiger partial charge is 0.337 e. The average Bonchev–Trinajstić information content (AvgIpc) is 3.02. The predicted molar refractivity (Wildman–Crippen MR) is 87.2 cm³/mol. The Hall–Kier alpha value is -2.52. The molecule has 2 aromatic rings. The van der Waals surface area contributed by atoms with Crippen LogP contribution in [-0.2, 0) is 4.74 Å². The molecule has 9 nitrogen and oxygen atoms in total. The first-order chi connectivity index (χ1) is 11.9. The third kappa shape index (κ3) is 2.65. The van der Waals surface area contributed by atoms with E-state index < -0.39 is 36.4 Å². The summed E-state index contributed by atoms with van der Waals surface area (Å²) in [5.41, 5.74) is 7.71. The van der Waals surface area contributed by atoms with E-state index in [4.69, 9.17) is 10.5 Å². The Labute approximate surface area is 141 Å². The zero-order valence-corrected chi connectivity index (χ0v) is 13.4. The summed E-state index contributed by atoms with van der Waals surface area (Å²) in [6.45, 7) is 5.07. The second kappa shape index (κ2) is 6.41. The maximum Gasteiger partial charge on any atom is 0.337 e. The molecule has 0 radical (unpaired) electrons. The molecular weight excluding hydrogens is 333 g/mol. The highest BCUT2D eigenvalue weighted by Gasteiger charge is 2.49. The van der Waals surface area contributed by atoms with E-state index in [0.717, 1.165) is 9.13 Å². The summed E-state index contributed by atoms with van der Waals surface area (Å²) < 4.78 is 22.0. The molecule has 0 spiro atoms. The van der Waals surface area contributed by atoms with E-state index in [-0.39, 0.29) is 23.5 Å². The Morgan fingerprint density at radius 1 is 1.64 bits per heavy atom. The lowest BCUT2D eigenvalue weighted by atomic mass is 10.1. The number of anilines is 1. The second-order valence-electron chi connectivity index (χ2n) is 5.69. The fraction of sp³-hybridized carbons (Fsp3) is 0.467. The fourth-order valence-electron chi connectivity index (χ4n) is 2.90. The number of nitrogen functional groups attached to an aromatic ring is 1. The lowest BCUT2D eigenvalue weighted by molar-refractivity contribution is -0.0798. The first-order valence-electron chi connectivity index (χ1n) is 7.67. The van der Waals surface area contributed by atoms with Gasteiger partial charge in [-0.3, -0.25) is 4.57 Å². The number of imidazole rings is 1. The van der Waals surface area contributed by atoms with Gasteiger partial charge in [0.15, 0.2) is 18.0 Å². The molecule has 3 rings (SSSR count). The van der Waals surface area contributed by atoms with Crippen LogP contribution in [0.3, 0.4) is 0 Å². The first-order valence-corrected chi connectivity index (χ1v) is 7.67. The molecule has 3 heterocycles. The number of hydrogen-bond acceptors (Lipinski definition) is 7. The molecule has 10 heteroatoms. The minimum absolute atomic E-state index is 0.0619. The topological polar surface area (TPSA) is 128 Å². The van der Waals surface area contributed by atoms with Crippen LogP contribution in [0.5, 0.6) is 0 Å². The van der Waals surface area contributed by atoms with Gasteiger partial charge in [0.25, 0.3) is 0 Å². The van der Waals surface area contributed by atoms with E-state index in [1.807, 2.05) is 0 Å². The van der Waals surface area contributed by atoms with E-state index >= 15 is 0 Å². The van der Waals surface area contributed by atoms with Crippen molar-refractivity contribution in [3.8, 4) is 0 Å². The van der Waals surface area contributed by atoms with Gasteiger partial charge in [-0.2, -0.15) is 4.98 Å². The maximum absolute atomic E-state index is 14.4. The van der Waals surface area contributed by atoms with Gasteiger partial charge in [0.2, 0.25) is 5.95 Å². The van der Waals surface area contributed by atoms with Crippen molar-refractivity contribution in [2.75, 3.05) is 5.73 Å². The summed E-state index contributed by atoms with van der Waals surface area (Å²) in [5, 5.41) is 20.1. The molecule has 4 N–H and O–H groups in total. The number of alkyl halides is 1. The van der Waals surface area contributed by atoms with Crippen LogP contribution < -0.4 is 11.4 Å². The van der Waals surface area contributed by atoms with E-state index in [0.29, 0.717) is 0 Å². The van der Waals surface area contributed by atoms with Crippen LogP contribution in [0.15, 0.2) is 23.3 Å². The third-order valence-electron chi connectivity index (χ3n) is 4.17. The second-order valence-corrected chi connectivity index (χ2v) is 5.69. The summed E-state index contributed by atoms with van der Waals surface area (Å²) in [4.78, 5) is 20.5. The molecule has 0 amide bonds. The Bertz CT molecular complexity index is 903. The number of ether oxygens (including phenoxy) is 1. The van der Waals surface area contributed by atoms with Crippen LogP contribution >= 0.6 is 0 Å². The Balaban J connectivity index is 2.19. The molecule has 25 heavy (non-hydrogen) atoms. The molecule has 1 unspecified atom stereocenters. The van der Waals surface area contributed by atoms with Crippen molar-refractivity contribution in [1.82, 2.24) is 19.1 Å². The minimum Gasteiger partial charge on any atom is -0.390 e. The van der Waals surface area contributed by atoms with E-state index in [1.165, 1.54) is 12.4 Å². The molecule has 5 atom stereocenters. The zero-order chi connectivity index (χ0) is 18.3. The lowest BCUT2D eigenvalue weighted by Crippen LogP contribution is -2.35. The molecule has 0 saturated carbocycles. The van der Waals surface area contributed by atoms with Crippen LogP contribution in [0.1, 0.15) is 19.6 Å². The van der Waals surface area contributed by atoms with Gasteiger partial charge in [-0.05, 0) is 6.42 Å². The molecule has 134 valence electrons. The van der Waals surface area contributed by atoms with Gasteiger partial charge >= 0.3 is 5.69 Å². The van der Waals surface area contributed by atoms with Crippen molar-refractivity contribution in [2.45, 2.75) is 44.1 Å². The van der Waals surface area contributed by atoms with Crippen molar-refractivity contribution in [3.05, 3.63) is 29.0 Å². The van der Waals surface area contributed by atoms with E-state index in [2.05, 4.69) is 22.3 Å². The Morgan fingerprint density at radius 3 is 3.00 bits per heavy atom. The standard InChI is InChI=1S/C15H18FN5O4/c1-3-5-20-7-6-18-14(17)19-12(7)21(15(20)24)13-10(23)9(16)11(25-13)8(22)4-2/h5-6,8-11,13,22-23H,1,4H2,2H3,(H2,17,18,19)/t8?,9-,10-,11-,13-/m1/s1. The number of aromatic nitrogens is 4. The van der Waals surface area contributed by atoms with Gasteiger partial charge in [0.05, 0.1) is 18.5 Å². The average molecular weight is 351 g/mol. The molecule has 1 aliphatic heterocycles. The molecule has 0 aromatic carbocycles. The highest BCUT2D eigenvalue weighted by molar-refractivity contribution is 5.74. The van der Waals surface area contributed by atoms with Crippen molar-refractivity contribution in [1.29, 1.82) is 0 Å². The van der Waals surface area contributed by atoms with Crippen LogP contribution in [0.4, 0.5) is 10.3 Å². The van der Waals surface area contributed by atoms with E-state index in [1.54, 1.807) is 6.92 Å². The number of fused-ring (bicyclic) bond motifs is 1. The van der Waals surface area contributed by atoms with Gasteiger partial charge in [-0.15, -0.1) is 5.73 Å². The SMILES string of the molecule is C=C=Cn1c(=O)n([C@@H]2O[C@H](C(O)CC)[C@H](F)[C@H]2O)c2nc(N)ncc21. The summed E-state index contributed by atoms with van der Waals surface area (Å²) in [6, 6.07) is 0.